The van der Waals surface area contributed by atoms with Gasteiger partial charge in [0, 0.05) is 20.2 Å². The Labute approximate surface area is 128 Å². The first-order valence-electron chi connectivity index (χ1n) is 7.05. The largest absolute Gasteiger partial charge is 0.379 e. The minimum absolute atomic E-state index is 0.0997. The van der Waals surface area contributed by atoms with Crippen molar-refractivity contribution in [1.29, 1.82) is 0 Å². The molecule has 1 amide bonds. The molecule has 2 rings (SSSR count). The Morgan fingerprint density at radius 2 is 2.33 bits per heavy atom. The van der Waals surface area contributed by atoms with E-state index in [-0.39, 0.29) is 12.0 Å². The summed E-state index contributed by atoms with van der Waals surface area (Å²) >= 11 is 1.61. The van der Waals surface area contributed by atoms with Crippen molar-refractivity contribution in [2.75, 3.05) is 13.2 Å². The SMILES string of the molecule is CC(C)OCCCNC(=O)c1cc(-c2cccs2)nn1C. The van der Waals surface area contributed by atoms with Crippen LogP contribution in [0.3, 0.4) is 0 Å². The van der Waals surface area contributed by atoms with Crippen molar-refractivity contribution in [2.45, 2.75) is 26.4 Å². The Morgan fingerprint density at radius 1 is 1.52 bits per heavy atom. The van der Waals surface area contributed by atoms with Crippen LogP contribution in [0.15, 0.2) is 23.6 Å². The summed E-state index contributed by atoms with van der Waals surface area (Å²) < 4.78 is 7.06. The van der Waals surface area contributed by atoms with Crippen LogP contribution in [0.2, 0.25) is 0 Å². The topological polar surface area (TPSA) is 56.1 Å². The van der Waals surface area contributed by atoms with Gasteiger partial charge in [0.2, 0.25) is 0 Å². The normalized spacial score (nSPS) is 11.0. The number of hydrogen-bond donors (Lipinski definition) is 1. The Balaban J connectivity index is 1.88. The van der Waals surface area contributed by atoms with Gasteiger partial charge in [-0.1, -0.05) is 6.07 Å². The molecule has 0 aliphatic carbocycles. The zero-order valence-corrected chi connectivity index (χ0v) is 13.4. The molecule has 114 valence electrons. The number of thiophene rings is 1. The minimum atomic E-state index is -0.0997. The fourth-order valence-electron chi connectivity index (χ4n) is 1.91. The number of amides is 1. The van der Waals surface area contributed by atoms with Crippen LogP contribution in [-0.2, 0) is 11.8 Å². The van der Waals surface area contributed by atoms with Crippen molar-refractivity contribution in [3.8, 4) is 10.6 Å². The summed E-state index contributed by atoms with van der Waals surface area (Å²) in [6.45, 7) is 5.26. The quantitative estimate of drug-likeness (QED) is 0.800. The smallest absolute Gasteiger partial charge is 0.269 e. The molecule has 2 aromatic heterocycles. The fourth-order valence-corrected chi connectivity index (χ4v) is 2.59. The second kappa shape index (κ2) is 7.38. The van der Waals surface area contributed by atoms with Gasteiger partial charge in [0.05, 0.1) is 11.0 Å². The monoisotopic (exact) mass is 307 g/mol. The van der Waals surface area contributed by atoms with Gasteiger partial charge in [0.15, 0.2) is 0 Å². The fraction of sp³-hybridized carbons (Fsp3) is 0.467. The van der Waals surface area contributed by atoms with E-state index in [4.69, 9.17) is 4.74 Å². The molecule has 0 atom stereocenters. The van der Waals surface area contributed by atoms with Crippen molar-refractivity contribution in [1.82, 2.24) is 15.1 Å². The molecule has 2 aromatic rings. The third-order valence-electron chi connectivity index (χ3n) is 2.94. The Kier molecular flexibility index (Phi) is 5.52. The van der Waals surface area contributed by atoms with Crippen molar-refractivity contribution in [3.63, 3.8) is 0 Å². The van der Waals surface area contributed by atoms with E-state index in [2.05, 4.69) is 10.4 Å². The highest BCUT2D eigenvalue weighted by atomic mass is 32.1. The number of ether oxygens (including phenoxy) is 1. The highest BCUT2D eigenvalue weighted by Crippen LogP contribution is 2.23. The lowest BCUT2D eigenvalue weighted by atomic mass is 10.3. The van der Waals surface area contributed by atoms with Gasteiger partial charge in [-0.05, 0) is 37.8 Å². The van der Waals surface area contributed by atoms with Gasteiger partial charge in [-0.25, -0.2) is 0 Å². The van der Waals surface area contributed by atoms with Gasteiger partial charge in [-0.15, -0.1) is 11.3 Å². The van der Waals surface area contributed by atoms with E-state index in [0.29, 0.717) is 18.8 Å². The number of aromatic nitrogens is 2. The van der Waals surface area contributed by atoms with E-state index in [1.165, 1.54) is 0 Å². The zero-order chi connectivity index (χ0) is 15.2. The molecule has 0 radical (unpaired) electrons. The lowest BCUT2D eigenvalue weighted by Crippen LogP contribution is -2.27. The van der Waals surface area contributed by atoms with Gasteiger partial charge in [0.1, 0.15) is 11.4 Å². The Hall–Kier alpha value is -1.66. The second-order valence-electron chi connectivity index (χ2n) is 5.04. The lowest BCUT2D eigenvalue weighted by molar-refractivity contribution is 0.0756. The number of nitrogens with one attached hydrogen (secondary N) is 1. The van der Waals surface area contributed by atoms with E-state index in [1.54, 1.807) is 23.1 Å². The number of carbonyl (C=O) groups is 1. The predicted molar refractivity (Wildman–Crippen MR) is 84.6 cm³/mol. The van der Waals surface area contributed by atoms with E-state index in [0.717, 1.165) is 17.0 Å². The molecular weight excluding hydrogens is 286 g/mol. The number of rotatable bonds is 7. The van der Waals surface area contributed by atoms with E-state index < -0.39 is 0 Å². The molecule has 0 aliphatic rings. The maximum Gasteiger partial charge on any atom is 0.269 e. The van der Waals surface area contributed by atoms with Gasteiger partial charge >= 0.3 is 0 Å². The average Bonchev–Trinajstić information content (AvgIpc) is 3.06. The number of hydrogen-bond acceptors (Lipinski definition) is 4. The van der Waals surface area contributed by atoms with Crippen LogP contribution in [-0.4, -0.2) is 34.9 Å². The molecule has 0 aromatic carbocycles. The van der Waals surface area contributed by atoms with Crippen LogP contribution in [0.5, 0.6) is 0 Å². The van der Waals surface area contributed by atoms with Crippen LogP contribution in [0.4, 0.5) is 0 Å². The molecule has 0 spiro atoms. The summed E-state index contributed by atoms with van der Waals surface area (Å²) in [5.74, 6) is -0.0997. The van der Waals surface area contributed by atoms with Crippen LogP contribution in [0, 0.1) is 0 Å². The summed E-state index contributed by atoms with van der Waals surface area (Å²) in [4.78, 5) is 13.2. The van der Waals surface area contributed by atoms with Crippen molar-refractivity contribution < 1.29 is 9.53 Å². The summed E-state index contributed by atoms with van der Waals surface area (Å²) in [5.41, 5.74) is 1.41. The molecule has 0 fully saturated rings. The third-order valence-corrected chi connectivity index (χ3v) is 3.84. The lowest BCUT2D eigenvalue weighted by Gasteiger charge is -2.08. The first kappa shape index (κ1) is 15.7. The minimum Gasteiger partial charge on any atom is -0.379 e. The molecule has 0 saturated heterocycles. The molecule has 2 heterocycles. The molecule has 0 bridgehead atoms. The summed E-state index contributed by atoms with van der Waals surface area (Å²) in [6.07, 6.45) is 1.03. The Bertz CT molecular complexity index is 576. The summed E-state index contributed by atoms with van der Waals surface area (Å²) in [6, 6.07) is 5.80. The van der Waals surface area contributed by atoms with Crippen LogP contribution in [0.25, 0.3) is 10.6 Å². The maximum absolute atomic E-state index is 12.1. The molecule has 6 heteroatoms. The number of nitrogens with zero attached hydrogens (tertiary/aromatic N) is 2. The van der Waals surface area contributed by atoms with Gasteiger partial charge in [-0.2, -0.15) is 5.10 Å². The number of carbonyl (C=O) groups excluding carboxylic acids is 1. The summed E-state index contributed by atoms with van der Waals surface area (Å²) in [5, 5.41) is 9.28. The van der Waals surface area contributed by atoms with Crippen molar-refractivity contribution >= 4 is 17.2 Å². The molecule has 1 N–H and O–H groups in total. The molecule has 0 aliphatic heterocycles. The van der Waals surface area contributed by atoms with Crippen LogP contribution in [0.1, 0.15) is 30.8 Å². The highest BCUT2D eigenvalue weighted by molar-refractivity contribution is 7.13. The first-order valence-corrected chi connectivity index (χ1v) is 7.93. The molecule has 21 heavy (non-hydrogen) atoms. The van der Waals surface area contributed by atoms with E-state index in [9.17, 15) is 4.79 Å². The highest BCUT2D eigenvalue weighted by Gasteiger charge is 2.14. The molecule has 0 unspecified atom stereocenters. The van der Waals surface area contributed by atoms with Gasteiger partial charge in [-0.3, -0.25) is 9.48 Å². The van der Waals surface area contributed by atoms with Crippen LogP contribution < -0.4 is 5.32 Å². The average molecular weight is 307 g/mol. The summed E-state index contributed by atoms with van der Waals surface area (Å²) in [7, 11) is 1.79. The zero-order valence-electron chi connectivity index (χ0n) is 12.6. The van der Waals surface area contributed by atoms with Crippen molar-refractivity contribution in [3.05, 3.63) is 29.3 Å². The molecular formula is C15H21N3O2S. The maximum atomic E-state index is 12.1. The molecule has 0 saturated carbocycles. The standard InChI is InChI=1S/C15H21N3O2S/c1-11(2)20-8-5-7-16-15(19)13-10-12(17-18(13)3)14-6-4-9-21-14/h4,6,9-11H,5,7-8H2,1-3H3,(H,16,19). The predicted octanol–water partition coefficient (Wildman–Crippen LogP) is 2.69. The van der Waals surface area contributed by atoms with E-state index in [1.807, 2.05) is 37.4 Å². The van der Waals surface area contributed by atoms with Crippen molar-refractivity contribution in [2.24, 2.45) is 7.05 Å². The second-order valence-corrected chi connectivity index (χ2v) is 5.99. The number of aryl methyl sites for hydroxylation is 1. The third kappa shape index (κ3) is 4.41. The molecule has 5 nitrogen and oxygen atoms in total. The van der Waals surface area contributed by atoms with E-state index >= 15 is 0 Å². The first-order chi connectivity index (χ1) is 10.1. The van der Waals surface area contributed by atoms with Gasteiger partial charge < -0.3 is 10.1 Å². The van der Waals surface area contributed by atoms with Crippen LogP contribution >= 0.6 is 11.3 Å². The van der Waals surface area contributed by atoms with Gasteiger partial charge in [0.25, 0.3) is 5.91 Å². The Morgan fingerprint density at radius 3 is 3.00 bits per heavy atom.